The maximum atomic E-state index is 4.62. The number of amidine groups is 1. The SMILES string of the molecule is CC(C)C1=NCCCN1C(C)(C)C. The zero-order valence-corrected chi connectivity index (χ0v) is 9.59. The Labute approximate surface area is 82.0 Å². The lowest BCUT2D eigenvalue weighted by Gasteiger charge is -2.41. The molecule has 0 aromatic heterocycles. The second-order valence-corrected chi connectivity index (χ2v) is 5.07. The Morgan fingerprint density at radius 1 is 1.31 bits per heavy atom. The van der Waals surface area contributed by atoms with Gasteiger partial charge in [0.05, 0.1) is 0 Å². The number of nitrogens with zero attached hydrogens (tertiary/aromatic N) is 2. The van der Waals surface area contributed by atoms with Gasteiger partial charge in [0.1, 0.15) is 5.84 Å². The van der Waals surface area contributed by atoms with Gasteiger partial charge in [-0.15, -0.1) is 0 Å². The van der Waals surface area contributed by atoms with Crippen LogP contribution in [0.2, 0.25) is 0 Å². The molecule has 0 amide bonds. The van der Waals surface area contributed by atoms with Gasteiger partial charge in [-0.2, -0.15) is 0 Å². The van der Waals surface area contributed by atoms with Gasteiger partial charge >= 0.3 is 0 Å². The standard InChI is InChI=1S/C11H22N2/c1-9(2)10-12-7-6-8-13(10)11(3,4)5/h9H,6-8H2,1-5H3. The molecule has 0 fully saturated rings. The lowest BCUT2D eigenvalue weighted by atomic mass is 10.0. The van der Waals surface area contributed by atoms with Crippen molar-refractivity contribution in [3.8, 4) is 0 Å². The van der Waals surface area contributed by atoms with Crippen LogP contribution in [0.15, 0.2) is 4.99 Å². The van der Waals surface area contributed by atoms with Crippen LogP contribution in [0.3, 0.4) is 0 Å². The molecule has 0 N–H and O–H groups in total. The second-order valence-electron chi connectivity index (χ2n) is 5.07. The van der Waals surface area contributed by atoms with Crippen LogP contribution >= 0.6 is 0 Å². The Balaban J connectivity index is 2.83. The molecule has 13 heavy (non-hydrogen) atoms. The molecular weight excluding hydrogens is 160 g/mol. The Morgan fingerprint density at radius 3 is 2.31 bits per heavy atom. The number of hydrogen-bond donors (Lipinski definition) is 0. The average Bonchev–Trinajstić information content (AvgIpc) is 2.03. The molecule has 1 heterocycles. The van der Waals surface area contributed by atoms with E-state index >= 15 is 0 Å². The lowest BCUT2D eigenvalue weighted by molar-refractivity contribution is 0.217. The molecule has 0 bridgehead atoms. The molecule has 0 aromatic carbocycles. The lowest BCUT2D eigenvalue weighted by Crippen LogP contribution is -2.49. The highest BCUT2D eigenvalue weighted by Crippen LogP contribution is 2.20. The number of hydrogen-bond acceptors (Lipinski definition) is 2. The van der Waals surface area contributed by atoms with Crippen LogP contribution in [0.1, 0.15) is 41.0 Å². The fourth-order valence-corrected chi connectivity index (χ4v) is 1.80. The fourth-order valence-electron chi connectivity index (χ4n) is 1.80. The van der Waals surface area contributed by atoms with Crippen molar-refractivity contribution >= 4 is 5.84 Å². The molecule has 0 spiro atoms. The first kappa shape index (κ1) is 10.6. The second kappa shape index (κ2) is 3.69. The molecule has 1 aliphatic heterocycles. The minimum Gasteiger partial charge on any atom is -0.355 e. The van der Waals surface area contributed by atoms with Gasteiger partial charge in [0.15, 0.2) is 0 Å². The van der Waals surface area contributed by atoms with Crippen LogP contribution in [-0.2, 0) is 0 Å². The van der Waals surface area contributed by atoms with Crippen molar-refractivity contribution in [1.29, 1.82) is 0 Å². The molecule has 0 radical (unpaired) electrons. The third kappa shape index (κ3) is 2.45. The van der Waals surface area contributed by atoms with Crippen LogP contribution in [0.25, 0.3) is 0 Å². The van der Waals surface area contributed by atoms with Gasteiger partial charge in [-0.25, -0.2) is 0 Å². The molecule has 1 aliphatic rings. The first-order valence-electron chi connectivity index (χ1n) is 5.25. The molecule has 2 nitrogen and oxygen atoms in total. The van der Waals surface area contributed by atoms with Crippen molar-refractivity contribution in [2.45, 2.75) is 46.6 Å². The van der Waals surface area contributed by atoms with Gasteiger partial charge in [-0.3, -0.25) is 4.99 Å². The van der Waals surface area contributed by atoms with E-state index in [2.05, 4.69) is 44.5 Å². The molecule has 0 atom stereocenters. The number of aliphatic imine (C=N–C) groups is 1. The minimum atomic E-state index is 0.226. The zero-order valence-electron chi connectivity index (χ0n) is 9.59. The topological polar surface area (TPSA) is 15.6 Å². The van der Waals surface area contributed by atoms with Crippen molar-refractivity contribution in [1.82, 2.24) is 4.90 Å². The van der Waals surface area contributed by atoms with Gasteiger partial charge in [0.25, 0.3) is 0 Å². The highest BCUT2D eigenvalue weighted by molar-refractivity contribution is 5.85. The summed E-state index contributed by atoms with van der Waals surface area (Å²) in [6.07, 6.45) is 1.20. The molecular formula is C11H22N2. The third-order valence-electron chi connectivity index (χ3n) is 2.42. The van der Waals surface area contributed by atoms with E-state index in [4.69, 9.17) is 0 Å². The Morgan fingerprint density at radius 2 is 1.92 bits per heavy atom. The summed E-state index contributed by atoms with van der Waals surface area (Å²) in [4.78, 5) is 7.07. The summed E-state index contributed by atoms with van der Waals surface area (Å²) >= 11 is 0. The summed E-state index contributed by atoms with van der Waals surface area (Å²) in [5, 5.41) is 0. The van der Waals surface area contributed by atoms with E-state index in [1.807, 2.05) is 0 Å². The van der Waals surface area contributed by atoms with Crippen molar-refractivity contribution in [3.63, 3.8) is 0 Å². The maximum Gasteiger partial charge on any atom is 0.102 e. The average molecular weight is 182 g/mol. The number of rotatable bonds is 1. The fraction of sp³-hybridized carbons (Fsp3) is 0.909. The Hall–Kier alpha value is -0.530. The van der Waals surface area contributed by atoms with Crippen LogP contribution in [-0.4, -0.2) is 29.4 Å². The quantitative estimate of drug-likeness (QED) is 0.608. The van der Waals surface area contributed by atoms with Gasteiger partial charge in [-0.05, 0) is 27.2 Å². The van der Waals surface area contributed by atoms with Gasteiger partial charge in [0, 0.05) is 24.5 Å². The van der Waals surface area contributed by atoms with E-state index in [1.165, 1.54) is 18.8 Å². The van der Waals surface area contributed by atoms with E-state index in [9.17, 15) is 0 Å². The summed E-state index contributed by atoms with van der Waals surface area (Å²) in [5.74, 6) is 1.85. The molecule has 0 aliphatic carbocycles. The van der Waals surface area contributed by atoms with Gasteiger partial charge < -0.3 is 4.90 Å². The predicted octanol–water partition coefficient (Wildman–Crippen LogP) is 2.55. The molecule has 0 saturated heterocycles. The zero-order chi connectivity index (χ0) is 10.1. The summed E-state index contributed by atoms with van der Waals surface area (Å²) in [7, 11) is 0. The first-order valence-corrected chi connectivity index (χ1v) is 5.25. The largest absolute Gasteiger partial charge is 0.355 e. The van der Waals surface area contributed by atoms with Crippen molar-refractivity contribution in [2.75, 3.05) is 13.1 Å². The Bertz CT molecular complexity index is 199. The van der Waals surface area contributed by atoms with E-state index in [1.54, 1.807) is 0 Å². The van der Waals surface area contributed by atoms with E-state index in [0.29, 0.717) is 5.92 Å². The molecule has 2 heteroatoms. The van der Waals surface area contributed by atoms with Crippen LogP contribution in [0, 0.1) is 5.92 Å². The van der Waals surface area contributed by atoms with Crippen LogP contribution in [0.4, 0.5) is 0 Å². The molecule has 0 aromatic rings. The van der Waals surface area contributed by atoms with Crippen molar-refractivity contribution < 1.29 is 0 Å². The predicted molar refractivity (Wildman–Crippen MR) is 58.2 cm³/mol. The van der Waals surface area contributed by atoms with E-state index in [0.717, 1.165) is 6.54 Å². The first-order chi connectivity index (χ1) is 5.93. The van der Waals surface area contributed by atoms with Crippen LogP contribution < -0.4 is 0 Å². The van der Waals surface area contributed by atoms with Crippen molar-refractivity contribution in [2.24, 2.45) is 10.9 Å². The molecule has 76 valence electrons. The summed E-state index contributed by atoms with van der Waals surface area (Å²) in [6, 6.07) is 0. The molecule has 1 rings (SSSR count). The molecule has 0 unspecified atom stereocenters. The molecule has 0 saturated carbocycles. The summed E-state index contributed by atoms with van der Waals surface area (Å²) in [5.41, 5.74) is 0.226. The van der Waals surface area contributed by atoms with Crippen molar-refractivity contribution in [3.05, 3.63) is 0 Å². The van der Waals surface area contributed by atoms with E-state index < -0.39 is 0 Å². The van der Waals surface area contributed by atoms with Gasteiger partial charge in [0.2, 0.25) is 0 Å². The maximum absolute atomic E-state index is 4.62. The van der Waals surface area contributed by atoms with Gasteiger partial charge in [-0.1, -0.05) is 13.8 Å². The smallest absolute Gasteiger partial charge is 0.102 e. The van der Waals surface area contributed by atoms with E-state index in [-0.39, 0.29) is 5.54 Å². The third-order valence-corrected chi connectivity index (χ3v) is 2.42. The summed E-state index contributed by atoms with van der Waals surface area (Å²) < 4.78 is 0. The monoisotopic (exact) mass is 182 g/mol. The minimum absolute atomic E-state index is 0.226. The van der Waals surface area contributed by atoms with Crippen LogP contribution in [0.5, 0.6) is 0 Å². The highest BCUT2D eigenvalue weighted by atomic mass is 15.3. The highest BCUT2D eigenvalue weighted by Gasteiger charge is 2.27. The Kier molecular flexibility index (Phi) is 2.99. The normalized spacial score (nSPS) is 19.2. The summed E-state index contributed by atoms with van der Waals surface area (Å²) in [6.45, 7) is 13.4.